The number of nitrogens with zero attached hydrogens (tertiary/aromatic N) is 1. The molecule has 1 saturated heterocycles. The molecule has 25 heavy (non-hydrogen) atoms. The average molecular weight is 424 g/mol. The van der Waals surface area contributed by atoms with Gasteiger partial charge in [-0.25, -0.2) is 0 Å². The van der Waals surface area contributed by atoms with E-state index in [1.54, 1.807) is 25.1 Å². The van der Waals surface area contributed by atoms with Gasteiger partial charge in [-0.1, -0.05) is 39.7 Å². The Bertz CT molecular complexity index is 795. The SMILES string of the molecule is C[C@@H](C(=O)Nc1ccc(Br)cc1Cl)N1C(=O)[C@@H]2[C@@H](C1=O)[C@H]1C=C[C@H]2C1. The third-order valence-electron chi connectivity index (χ3n) is 5.46. The lowest BCUT2D eigenvalue weighted by molar-refractivity contribution is -0.146. The van der Waals surface area contributed by atoms with Gasteiger partial charge in [0.1, 0.15) is 6.04 Å². The van der Waals surface area contributed by atoms with Crippen molar-refractivity contribution in [1.29, 1.82) is 0 Å². The van der Waals surface area contributed by atoms with Crippen LogP contribution >= 0.6 is 27.5 Å². The van der Waals surface area contributed by atoms with Gasteiger partial charge in [0.2, 0.25) is 17.7 Å². The number of amides is 3. The van der Waals surface area contributed by atoms with Crippen LogP contribution in [-0.4, -0.2) is 28.7 Å². The molecule has 0 unspecified atom stereocenters. The van der Waals surface area contributed by atoms with Crippen molar-refractivity contribution in [2.24, 2.45) is 23.7 Å². The zero-order valence-electron chi connectivity index (χ0n) is 13.4. The van der Waals surface area contributed by atoms with Crippen molar-refractivity contribution in [2.45, 2.75) is 19.4 Å². The number of fused-ring (bicyclic) bond motifs is 5. The van der Waals surface area contributed by atoms with Crippen molar-refractivity contribution in [3.8, 4) is 0 Å². The Morgan fingerprint density at radius 2 is 1.84 bits per heavy atom. The summed E-state index contributed by atoms with van der Waals surface area (Å²) in [6.45, 7) is 1.58. The van der Waals surface area contributed by atoms with E-state index in [4.69, 9.17) is 11.6 Å². The number of hydrogen-bond donors (Lipinski definition) is 1. The first-order valence-corrected chi connectivity index (χ1v) is 9.36. The summed E-state index contributed by atoms with van der Waals surface area (Å²) in [4.78, 5) is 39.2. The molecule has 1 aliphatic heterocycles. The molecule has 5 atom stereocenters. The summed E-state index contributed by atoms with van der Waals surface area (Å²) in [6, 6.07) is 4.22. The largest absolute Gasteiger partial charge is 0.323 e. The predicted molar refractivity (Wildman–Crippen MR) is 96.8 cm³/mol. The van der Waals surface area contributed by atoms with E-state index in [1.807, 2.05) is 12.2 Å². The molecule has 2 bridgehead atoms. The summed E-state index contributed by atoms with van der Waals surface area (Å²) >= 11 is 9.42. The molecule has 2 aliphatic carbocycles. The van der Waals surface area contributed by atoms with Crippen LogP contribution in [0.15, 0.2) is 34.8 Å². The Morgan fingerprint density at radius 1 is 1.24 bits per heavy atom. The van der Waals surface area contributed by atoms with E-state index in [1.165, 1.54) is 0 Å². The lowest BCUT2D eigenvalue weighted by Gasteiger charge is -2.24. The number of hydrogen-bond acceptors (Lipinski definition) is 3. The Balaban J connectivity index is 1.53. The molecule has 3 aliphatic rings. The van der Waals surface area contributed by atoms with Crippen LogP contribution in [0.25, 0.3) is 0 Å². The molecule has 1 heterocycles. The zero-order chi connectivity index (χ0) is 17.9. The lowest BCUT2D eigenvalue weighted by atomic mass is 9.85. The second-order valence-electron chi connectivity index (χ2n) is 6.84. The van der Waals surface area contributed by atoms with Crippen LogP contribution in [-0.2, 0) is 14.4 Å². The highest BCUT2D eigenvalue weighted by Gasteiger charge is 2.60. The monoisotopic (exact) mass is 422 g/mol. The molecule has 1 N–H and O–H groups in total. The van der Waals surface area contributed by atoms with E-state index in [0.29, 0.717) is 10.7 Å². The molecular formula is C18H16BrClN2O3. The number of nitrogens with one attached hydrogen (secondary N) is 1. The van der Waals surface area contributed by atoms with Gasteiger partial charge in [0.25, 0.3) is 0 Å². The summed E-state index contributed by atoms with van der Waals surface area (Å²) in [6.07, 6.45) is 4.94. The van der Waals surface area contributed by atoms with E-state index < -0.39 is 11.9 Å². The Kier molecular flexibility index (Phi) is 4.00. The quantitative estimate of drug-likeness (QED) is 0.599. The Morgan fingerprint density at radius 3 is 2.40 bits per heavy atom. The minimum absolute atomic E-state index is 0.132. The number of allylic oxidation sites excluding steroid dienone is 2. The first kappa shape index (κ1) is 16.8. The fourth-order valence-electron chi connectivity index (χ4n) is 4.25. The molecule has 1 saturated carbocycles. The van der Waals surface area contributed by atoms with Crippen LogP contribution < -0.4 is 5.32 Å². The highest BCUT2D eigenvalue weighted by Crippen LogP contribution is 2.52. The molecule has 130 valence electrons. The Hall–Kier alpha value is -1.66. The summed E-state index contributed by atoms with van der Waals surface area (Å²) in [5.74, 6) is -1.21. The molecule has 7 heteroatoms. The zero-order valence-corrected chi connectivity index (χ0v) is 15.8. The van der Waals surface area contributed by atoms with Crippen LogP contribution in [0.5, 0.6) is 0 Å². The van der Waals surface area contributed by atoms with Crippen molar-refractivity contribution >= 4 is 50.9 Å². The second kappa shape index (κ2) is 5.95. The van der Waals surface area contributed by atoms with Crippen LogP contribution in [0.2, 0.25) is 5.02 Å². The predicted octanol–water partition coefficient (Wildman–Crippen LogP) is 3.24. The summed E-state index contributed by atoms with van der Waals surface area (Å²) < 4.78 is 0.796. The number of imide groups is 1. The van der Waals surface area contributed by atoms with E-state index in [-0.39, 0.29) is 35.5 Å². The third-order valence-corrected chi connectivity index (χ3v) is 6.27. The van der Waals surface area contributed by atoms with Gasteiger partial charge < -0.3 is 5.32 Å². The van der Waals surface area contributed by atoms with Crippen molar-refractivity contribution < 1.29 is 14.4 Å². The van der Waals surface area contributed by atoms with Crippen molar-refractivity contribution in [3.63, 3.8) is 0 Å². The summed E-state index contributed by atoms with van der Waals surface area (Å²) in [7, 11) is 0. The van der Waals surface area contributed by atoms with E-state index in [2.05, 4.69) is 21.2 Å². The van der Waals surface area contributed by atoms with Crippen molar-refractivity contribution in [3.05, 3.63) is 39.8 Å². The van der Waals surface area contributed by atoms with E-state index in [0.717, 1.165) is 15.8 Å². The number of carbonyl (C=O) groups excluding carboxylic acids is 3. The number of halogens is 2. The van der Waals surface area contributed by atoms with Gasteiger partial charge in [-0.05, 0) is 43.4 Å². The van der Waals surface area contributed by atoms with Gasteiger partial charge in [-0.3, -0.25) is 19.3 Å². The van der Waals surface area contributed by atoms with Gasteiger partial charge in [-0.15, -0.1) is 0 Å². The molecule has 4 rings (SSSR count). The second-order valence-corrected chi connectivity index (χ2v) is 8.16. The first-order chi connectivity index (χ1) is 11.9. The van der Waals surface area contributed by atoms with Crippen molar-refractivity contribution in [2.75, 3.05) is 5.32 Å². The minimum Gasteiger partial charge on any atom is -0.323 e. The number of likely N-dealkylation sites (tertiary alicyclic amines) is 1. The van der Waals surface area contributed by atoms with Crippen LogP contribution in [0.3, 0.4) is 0 Å². The Labute approximate surface area is 158 Å². The number of rotatable bonds is 3. The van der Waals surface area contributed by atoms with Gasteiger partial charge in [0.05, 0.1) is 22.5 Å². The van der Waals surface area contributed by atoms with Crippen molar-refractivity contribution in [1.82, 2.24) is 4.90 Å². The maximum Gasteiger partial charge on any atom is 0.247 e. The molecule has 5 nitrogen and oxygen atoms in total. The van der Waals surface area contributed by atoms with Gasteiger partial charge in [-0.2, -0.15) is 0 Å². The fourth-order valence-corrected chi connectivity index (χ4v) is 4.97. The maximum atomic E-state index is 12.8. The van der Waals surface area contributed by atoms with Gasteiger partial charge >= 0.3 is 0 Å². The number of benzene rings is 1. The van der Waals surface area contributed by atoms with E-state index >= 15 is 0 Å². The summed E-state index contributed by atoms with van der Waals surface area (Å²) in [5.41, 5.74) is 0.447. The molecule has 0 radical (unpaired) electrons. The molecule has 1 aromatic carbocycles. The smallest absolute Gasteiger partial charge is 0.247 e. The normalized spacial score (nSPS) is 30.8. The first-order valence-electron chi connectivity index (χ1n) is 8.19. The lowest BCUT2D eigenvalue weighted by Crippen LogP contribution is -2.46. The topological polar surface area (TPSA) is 66.5 Å². The molecule has 0 spiro atoms. The molecular weight excluding hydrogens is 408 g/mol. The highest BCUT2D eigenvalue weighted by molar-refractivity contribution is 9.10. The van der Waals surface area contributed by atoms with E-state index in [9.17, 15) is 14.4 Å². The fraction of sp³-hybridized carbons (Fsp3) is 0.389. The van der Waals surface area contributed by atoms with Crippen LogP contribution in [0.4, 0.5) is 5.69 Å². The van der Waals surface area contributed by atoms with Crippen LogP contribution in [0, 0.1) is 23.7 Å². The molecule has 2 fully saturated rings. The average Bonchev–Trinajstić information content (AvgIpc) is 3.23. The van der Waals surface area contributed by atoms with Crippen LogP contribution in [0.1, 0.15) is 13.3 Å². The maximum absolute atomic E-state index is 12.8. The molecule has 3 amide bonds. The minimum atomic E-state index is -0.871. The standard InChI is InChI=1S/C18H16BrClN2O3/c1-8(16(23)21-13-5-4-11(19)7-12(13)20)22-17(24)14-9-2-3-10(6-9)15(14)18(22)25/h2-5,7-10,14-15H,6H2,1H3,(H,21,23)/t8-,9-,10-,14-,15-/m0/s1. The van der Waals surface area contributed by atoms with Gasteiger partial charge in [0.15, 0.2) is 0 Å². The van der Waals surface area contributed by atoms with Gasteiger partial charge in [0, 0.05) is 4.47 Å². The molecule has 0 aromatic heterocycles. The molecule has 1 aromatic rings. The number of anilines is 1. The highest BCUT2D eigenvalue weighted by atomic mass is 79.9. The number of carbonyl (C=O) groups is 3. The third kappa shape index (κ3) is 2.54. The summed E-state index contributed by atoms with van der Waals surface area (Å²) in [5, 5.41) is 3.09.